The Balaban J connectivity index is 2.37. The van der Waals surface area contributed by atoms with E-state index in [1.165, 1.54) is 0 Å². The predicted octanol–water partition coefficient (Wildman–Crippen LogP) is 1.41. The third-order valence-electron chi connectivity index (χ3n) is 3.05. The molecule has 1 rings (SSSR count). The van der Waals surface area contributed by atoms with E-state index in [1.807, 2.05) is 4.90 Å². The van der Waals surface area contributed by atoms with E-state index in [0.717, 1.165) is 19.4 Å². The zero-order chi connectivity index (χ0) is 12.8. The molecule has 1 heterocycles. The van der Waals surface area contributed by atoms with Crippen molar-refractivity contribution < 1.29 is 9.59 Å². The fraction of sp³-hybridized carbons (Fsp3) is 0.846. The predicted molar refractivity (Wildman–Crippen MR) is 67.4 cm³/mol. The van der Waals surface area contributed by atoms with E-state index < -0.39 is 0 Å². The van der Waals surface area contributed by atoms with Crippen LogP contribution in [-0.2, 0) is 9.59 Å². The summed E-state index contributed by atoms with van der Waals surface area (Å²) in [4.78, 5) is 25.3. The van der Waals surface area contributed by atoms with E-state index in [-0.39, 0.29) is 17.7 Å². The van der Waals surface area contributed by atoms with Gasteiger partial charge in [-0.2, -0.15) is 0 Å². The number of unbranched alkanes of at least 4 members (excludes halogenated alkanes) is 1. The topological polar surface area (TPSA) is 49.4 Å². The number of hydrogen-bond donors (Lipinski definition) is 1. The Morgan fingerprint density at radius 3 is 2.82 bits per heavy atom. The van der Waals surface area contributed by atoms with Crippen molar-refractivity contribution in [2.45, 2.75) is 40.0 Å². The molecule has 4 nitrogen and oxygen atoms in total. The van der Waals surface area contributed by atoms with Gasteiger partial charge in [-0.3, -0.25) is 9.59 Å². The van der Waals surface area contributed by atoms with E-state index >= 15 is 0 Å². The van der Waals surface area contributed by atoms with Crippen LogP contribution in [0, 0.1) is 11.8 Å². The SMILES string of the molecule is CCCCN1CC(C(=O)NCC(C)C)CC1=O. The summed E-state index contributed by atoms with van der Waals surface area (Å²) in [5, 5.41) is 2.90. The fourth-order valence-electron chi connectivity index (χ4n) is 1.96. The van der Waals surface area contributed by atoms with E-state index in [0.29, 0.717) is 25.4 Å². The second-order valence-electron chi connectivity index (χ2n) is 5.23. The third-order valence-corrected chi connectivity index (χ3v) is 3.05. The van der Waals surface area contributed by atoms with E-state index in [9.17, 15) is 9.59 Å². The molecule has 0 saturated carbocycles. The highest BCUT2D eigenvalue weighted by Gasteiger charge is 2.33. The Morgan fingerprint density at radius 2 is 2.24 bits per heavy atom. The minimum Gasteiger partial charge on any atom is -0.356 e. The second-order valence-corrected chi connectivity index (χ2v) is 5.23. The van der Waals surface area contributed by atoms with Crippen molar-refractivity contribution in [1.29, 1.82) is 0 Å². The molecule has 4 heteroatoms. The molecule has 1 atom stereocenters. The molecular weight excluding hydrogens is 216 g/mol. The summed E-state index contributed by atoms with van der Waals surface area (Å²) in [7, 11) is 0. The molecule has 0 spiro atoms. The Kier molecular flexibility index (Phi) is 5.45. The van der Waals surface area contributed by atoms with Gasteiger partial charge in [-0.15, -0.1) is 0 Å². The number of nitrogens with zero attached hydrogens (tertiary/aromatic N) is 1. The van der Waals surface area contributed by atoms with Crippen molar-refractivity contribution in [3.05, 3.63) is 0 Å². The highest BCUT2D eigenvalue weighted by atomic mass is 16.2. The number of amides is 2. The van der Waals surface area contributed by atoms with Gasteiger partial charge in [-0.1, -0.05) is 27.2 Å². The van der Waals surface area contributed by atoms with Crippen molar-refractivity contribution >= 4 is 11.8 Å². The molecule has 1 aliphatic heterocycles. The van der Waals surface area contributed by atoms with Crippen LogP contribution in [0.3, 0.4) is 0 Å². The molecule has 1 N–H and O–H groups in total. The minimum atomic E-state index is -0.141. The van der Waals surface area contributed by atoms with Crippen molar-refractivity contribution in [3.8, 4) is 0 Å². The van der Waals surface area contributed by atoms with Crippen molar-refractivity contribution in [3.63, 3.8) is 0 Å². The lowest BCUT2D eigenvalue weighted by atomic mass is 10.1. The van der Waals surface area contributed by atoms with Gasteiger partial charge in [0, 0.05) is 26.1 Å². The summed E-state index contributed by atoms with van der Waals surface area (Å²) in [6, 6.07) is 0. The van der Waals surface area contributed by atoms with Gasteiger partial charge in [0.15, 0.2) is 0 Å². The van der Waals surface area contributed by atoms with Gasteiger partial charge in [0.05, 0.1) is 5.92 Å². The van der Waals surface area contributed by atoms with Crippen LogP contribution in [0.25, 0.3) is 0 Å². The minimum absolute atomic E-state index is 0.0334. The molecule has 98 valence electrons. The molecule has 0 aromatic rings. The zero-order valence-electron chi connectivity index (χ0n) is 11.2. The lowest BCUT2D eigenvalue weighted by Crippen LogP contribution is -2.35. The van der Waals surface area contributed by atoms with Crippen LogP contribution >= 0.6 is 0 Å². The number of likely N-dealkylation sites (tertiary alicyclic amines) is 1. The molecule has 1 unspecified atom stereocenters. The van der Waals surface area contributed by atoms with Crippen LogP contribution in [0.4, 0.5) is 0 Å². The maximum atomic E-state index is 11.8. The molecule has 1 aliphatic rings. The van der Waals surface area contributed by atoms with Crippen LogP contribution in [0.1, 0.15) is 40.0 Å². The van der Waals surface area contributed by atoms with Crippen molar-refractivity contribution in [2.24, 2.45) is 11.8 Å². The monoisotopic (exact) mass is 240 g/mol. The van der Waals surface area contributed by atoms with Gasteiger partial charge in [-0.25, -0.2) is 0 Å². The Hall–Kier alpha value is -1.06. The van der Waals surface area contributed by atoms with E-state index in [4.69, 9.17) is 0 Å². The average molecular weight is 240 g/mol. The first kappa shape index (κ1) is 14.0. The lowest BCUT2D eigenvalue weighted by Gasteiger charge is -2.16. The number of nitrogens with one attached hydrogen (secondary N) is 1. The van der Waals surface area contributed by atoms with Gasteiger partial charge < -0.3 is 10.2 Å². The van der Waals surface area contributed by atoms with Crippen LogP contribution in [-0.4, -0.2) is 36.3 Å². The Bertz CT molecular complexity index is 277. The molecule has 1 saturated heterocycles. The van der Waals surface area contributed by atoms with Crippen molar-refractivity contribution in [1.82, 2.24) is 10.2 Å². The smallest absolute Gasteiger partial charge is 0.225 e. The first-order chi connectivity index (χ1) is 8.04. The first-order valence-corrected chi connectivity index (χ1v) is 6.60. The molecule has 0 aliphatic carbocycles. The van der Waals surface area contributed by atoms with Gasteiger partial charge in [-0.05, 0) is 12.3 Å². The van der Waals surface area contributed by atoms with E-state index in [2.05, 4.69) is 26.1 Å². The van der Waals surface area contributed by atoms with Crippen LogP contribution in [0.5, 0.6) is 0 Å². The normalized spacial score (nSPS) is 20.1. The second kappa shape index (κ2) is 6.62. The number of carbonyl (C=O) groups is 2. The lowest BCUT2D eigenvalue weighted by molar-refractivity contribution is -0.129. The molecular formula is C13H24N2O2. The Morgan fingerprint density at radius 1 is 1.53 bits per heavy atom. The third kappa shape index (κ3) is 4.36. The molecule has 1 fully saturated rings. The summed E-state index contributed by atoms with van der Waals surface area (Å²) in [5.41, 5.74) is 0. The maximum absolute atomic E-state index is 11.8. The average Bonchev–Trinajstić information content (AvgIpc) is 2.65. The van der Waals surface area contributed by atoms with Gasteiger partial charge in [0.25, 0.3) is 0 Å². The number of carbonyl (C=O) groups excluding carboxylic acids is 2. The standard InChI is InChI=1S/C13H24N2O2/c1-4-5-6-15-9-11(7-12(15)16)13(17)14-8-10(2)3/h10-11H,4-9H2,1-3H3,(H,14,17). The van der Waals surface area contributed by atoms with Gasteiger partial charge >= 0.3 is 0 Å². The van der Waals surface area contributed by atoms with E-state index in [1.54, 1.807) is 0 Å². The molecule has 0 radical (unpaired) electrons. The van der Waals surface area contributed by atoms with Gasteiger partial charge in [0.1, 0.15) is 0 Å². The highest BCUT2D eigenvalue weighted by Crippen LogP contribution is 2.18. The number of hydrogen-bond acceptors (Lipinski definition) is 2. The molecule has 17 heavy (non-hydrogen) atoms. The molecule has 0 aromatic heterocycles. The molecule has 2 amide bonds. The van der Waals surface area contributed by atoms with Crippen molar-refractivity contribution in [2.75, 3.05) is 19.6 Å². The summed E-state index contributed by atoms with van der Waals surface area (Å²) in [6.45, 7) is 8.32. The highest BCUT2D eigenvalue weighted by molar-refractivity contribution is 5.89. The van der Waals surface area contributed by atoms with Crippen LogP contribution in [0.15, 0.2) is 0 Å². The maximum Gasteiger partial charge on any atom is 0.225 e. The summed E-state index contributed by atoms with van der Waals surface area (Å²) >= 11 is 0. The zero-order valence-corrected chi connectivity index (χ0v) is 11.2. The molecule has 0 aromatic carbocycles. The molecule has 0 bridgehead atoms. The summed E-state index contributed by atoms with van der Waals surface area (Å²) in [5.74, 6) is 0.472. The first-order valence-electron chi connectivity index (χ1n) is 6.60. The Labute approximate surface area is 104 Å². The largest absolute Gasteiger partial charge is 0.356 e. The van der Waals surface area contributed by atoms with Crippen LogP contribution in [0.2, 0.25) is 0 Å². The number of rotatable bonds is 6. The quantitative estimate of drug-likeness (QED) is 0.763. The summed E-state index contributed by atoms with van der Waals surface area (Å²) in [6.07, 6.45) is 2.48. The summed E-state index contributed by atoms with van der Waals surface area (Å²) < 4.78 is 0. The van der Waals surface area contributed by atoms with Crippen LogP contribution < -0.4 is 5.32 Å². The van der Waals surface area contributed by atoms with Gasteiger partial charge in [0.2, 0.25) is 11.8 Å². The fourth-order valence-corrected chi connectivity index (χ4v) is 1.96.